The third kappa shape index (κ3) is 6.13. The Morgan fingerprint density at radius 2 is 1.48 bits per heavy atom. The van der Waals surface area contributed by atoms with Crippen LogP contribution in [-0.4, -0.2) is 23.5 Å². The van der Waals surface area contributed by atoms with Crippen LogP contribution in [0, 0.1) is 20.8 Å². The molecule has 0 fully saturated rings. The Hall–Kier alpha value is -4.26. The molecule has 0 unspecified atom stereocenters. The fourth-order valence-electron chi connectivity index (χ4n) is 3.08. The van der Waals surface area contributed by atoms with Crippen molar-refractivity contribution in [3.05, 3.63) is 94.5 Å². The highest BCUT2D eigenvalue weighted by atomic mass is 16.5. The monoisotopic (exact) mass is 443 g/mol. The lowest BCUT2D eigenvalue weighted by atomic mass is 10.1. The second kappa shape index (κ2) is 10.4. The Morgan fingerprint density at radius 1 is 0.818 bits per heavy atom. The first-order chi connectivity index (χ1) is 15.7. The number of esters is 1. The molecule has 33 heavy (non-hydrogen) atoms. The second-order valence-electron chi connectivity index (χ2n) is 7.66. The van der Waals surface area contributed by atoms with Crippen LogP contribution in [0.15, 0.2) is 71.8 Å². The maximum Gasteiger partial charge on any atom is 0.343 e. The van der Waals surface area contributed by atoms with Gasteiger partial charge in [0.25, 0.3) is 0 Å². The van der Waals surface area contributed by atoms with Crippen LogP contribution < -0.4 is 15.5 Å². The lowest BCUT2D eigenvalue weighted by Gasteiger charge is -2.11. The fourth-order valence-corrected chi connectivity index (χ4v) is 3.08. The van der Waals surface area contributed by atoms with Gasteiger partial charge in [-0.15, -0.1) is 0 Å². The SMILES string of the molecule is C/C(=N\NC(=O)C(=O)Nc1ccc(C)cc1C)c1ccccc1OC(=O)c1ccc(C)cc1. The summed E-state index contributed by atoms with van der Waals surface area (Å²) in [6.45, 7) is 7.36. The van der Waals surface area contributed by atoms with Crippen molar-refractivity contribution in [2.45, 2.75) is 27.7 Å². The highest BCUT2D eigenvalue weighted by Crippen LogP contribution is 2.20. The Bertz CT molecular complexity index is 1230. The van der Waals surface area contributed by atoms with Gasteiger partial charge in [0.05, 0.1) is 11.3 Å². The minimum Gasteiger partial charge on any atom is -0.422 e. The Morgan fingerprint density at radius 3 is 2.18 bits per heavy atom. The summed E-state index contributed by atoms with van der Waals surface area (Å²) < 4.78 is 5.54. The molecular formula is C26H25N3O4. The summed E-state index contributed by atoms with van der Waals surface area (Å²) in [5.74, 6) is -1.97. The molecule has 0 bridgehead atoms. The van der Waals surface area contributed by atoms with Crippen molar-refractivity contribution < 1.29 is 19.1 Å². The predicted octanol–water partition coefficient (Wildman–Crippen LogP) is 4.31. The summed E-state index contributed by atoms with van der Waals surface area (Å²) in [6.07, 6.45) is 0. The number of para-hydroxylation sites is 1. The Kier molecular flexibility index (Phi) is 7.35. The second-order valence-corrected chi connectivity index (χ2v) is 7.66. The smallest absolute Gasteiger partial charge is 0.343 e. The number of hydrogen-bond acceptors (Lipinski definition) is 5. The van der Waals surface area contributed by atoms with Gasteiger partial charge in [-0.2, -0.15) is 5.10 Å². The summed E-state index contributed by atoms with van der Waals surface area (Å²) in [6, 6.07) is 19.4. The zero-order chi connectivity index (χ0) is 24.0. The van der Waals surface area contributed by atoms with Gasteiger partial charge in [-0.05, 0) is 63.6 Å². The highest BCUT2D eigenvalue weighted by Gasteiger charge is 2.16. The molecule has 7 nitrogen and oxygen atoms in total. The third-order valence-corrected chi connectivity index (χ3v) is 4.93. The molecule has 0 aromatic heterocycles. The van der Waals surface area contributed by atoms with Gasteiger partial charge in [-0.25, -0.2) is 10.2 Å². The van der Waals surface area contributed by atoms with Crippen LogP contribution in [0.1, 0.15) is 39.5 Å². The van der Waals surface area contributed by atoms with Gasteiger partial charge in [0.15, 0.2) is 0 Å². The van der Waals surface area contributed by atoms with Gasteiger partial charge in [0.1, 0.15) is 5.75 Å². The van der Waals surface area contributed by atoms with Gasteiger partial charge in [0.2, 0.25) is 0 Å². The fraction of sp³-hybridized carbons (Fsp3) is 0.154. The third-order valence-electron chi connectivity index (χ3n) is 4.93. The number of hydrazone groups is 1. The van der Waals surface area contributed by atoms with Crippen molar-refractivity contribution in [3.63, 3.8) is 0 Å². The van der Waals surface area contributed by atoms with Gasteiger partial charge in [0, 0.05) is 11.3 Å². The molecule has 2 amide bonds. The van der Waals surface area contributed by atoms with Crippen LogP contribution in [0.3, 0.4) is 0 Å². The number of amides is 2. The molecule has 7 heteroatoms. The van der Waals surface area contributed by atoms with E-state index in [0.717, 1.165) is 16.7 Å². The Labute approximate surface area is 192 Å². The lowest BCUT2D eigenvalue weighted by Crippen LogP contribution is -2.33. The zero-order valence-corrected chi connectivity index (χ0v) is 18.9. The maximum atomic E-state index is 12.5. The van der Waals surface area contributed by atoms with Gasteiger partial charge in [-0.3, -0.25) is 9.59 Å². The molecule has 3 aromatic rings. The molecule has 0 spiro atoms. The molecule has 0 aliphatic heterocycles. The van der Waals surface area contributed by atoms with Crippen LogP contribution in [-0.2, 0) is 9.59 Å². The minimum absolute atomic E-state index is 0.290. The molecule has 3 aromatic carbocycles. The number of benzene rings is 3. The van der Waals surface area contributed by atoms with Crippen molar-refractivity contribution in [2.75, 3.05) is 5.32 Å². The summed E-state index contributed by atoms with van der Waals surface area (Å²) in [5, 5.41) is 6.58. The van der Waals surface area contributed by atoms with Crippen molar-refractivity contribution in [2.24, 2.45) is 5.10 Å². The molecule has 0 saturated carbocycles. The van der Waals surface area contributed by atoms with E-state index < -0.39 is 17.8 Å². The molecule has 168 valence electrons. The molecular weight excluding hydrogens is 418 g/mol. The summed E-state index contributed by atoms with van der Waals surface area (Å²) in [7, 11) is 0. The van der Waals surface area contributed by atoms with E-state index >= 15 is 0 Å². The number of nitrogens with zero attached hydrogens (tertiary/aromatic N) is 1. The standard InChI is InChI=1S/C26H25N3O4/c1-16-9-12-20(13-10-16)26(32)33-23-8-6-5-7-21(23)19(4)28-29-25(31)24(30)27-22-14-11-17(2)15-18(22)3/h5-15H,1-4H3,(H,27,30)(H,29,31)/b28-19+. The normalized spacial score (nSPS) is 11.0. The number of hydrogen-bond donors (Lipinski definition) is 2. The van der Waals surface area contributed by atoms with Crippen molar-refractivity contribution in [3.8, 4) is 5.75 Å². The number of ether oxygens (including phenoxy) is 1. The van der Waals surface area contributed by atoms with E-state index in [0.29, 0.717) is 28.3 Å². The number of rotatable bonds is 5. The summed E-state index contributed by atoms with van der Waals surface area (Å²) >= 11 is 0. The molecule has 0 atom stereocenters. The summed E-state index contributed by atoms with van der Waals surface area (Å²) in [4.78, 5) is 36.9. The van der Waals surface area contributed by atoms with Crippen LogP contribution in [0.2, 0.25) is 0 Å². The lowest BCUT2D eigenvalue weighted by molar-refractivity contribution is -0.136. The Balaban J connectivity index is 1.69. The van der Waals surface area contributed by atoms with Gasteiger partial charge < -0.3 is 10.1 Å². The summed E-state index contributed by atoms with van der Waals surface area (Å²) in [5.41, 5.74) is 7.03. The zero-order valence-electron chi connectivity index (χ0n) is 18.9. The van der Waals surface area contributed by atoms with Crippen LogP contribution in [0.4, 0.5) is 5.69 Å². The molecule has 0 saturated heterocycles. The van der Waals surface area contributed by atoms with E-state index in [4.69, 9.17) is 4.74 Å². The molecule has 0 radical (unpaired) electrons. The number of nitrogens with one attached hydrogen (secondary N) is 2. The minimum atomic E-state index is -0.913. The van der Waals surface area contributed by atoms with Crippen LogP contribution in [0.5, 0.6) is 5.75 Å². The van der Waals surface area contributed by atoms with E-state index in [1.807, 2.05) is 45.0 Å². The van der Waals surface area contributed by atoms with E-state index in [2.05, 4.69) is 15.8 Å². The first-order valence-corrected chi connectivity index (χ1v) is 10.4. The number of carbonyl (C=O) groups excluding carboxylic acids is 3. The van der Waals surface area contributed by atoms with E-state index in [9.17, 15) is 14.4 Å². The largest absolute Gasteiger partial charge is 0.422 e. The van der Waals surface area contributed by atoms with Crippen LogP contribution >= 0.6 is 0 Å². The average molecular weight is 444 g/mol. The van der Waals surface area contributed by atoms with Crippen molar-refractivity contribution >= 4 is 29.2 Å². The number of carbonyl (C=O) groups is 3. The average Bonchev–Trinajstić information content (AvgIpc) is 2.79. The molecule has 0 heterocycles. The van der Waals surface area contributed by atoms with Gasteiger partial charge >= 0.3 is 17.8 Å². The van der Waals surface area contributed by atoms with E-state index in [-0.39, 0.29) is 0 Å². The molecule has 0 aliphatic rings. The molecule has 0 aliphatic carbocycles. The van der Waals surface area contributed by atoms with Crippen LogP contribution in [0.25, 0.3) is 0 Å². The number of anilines is 1. The van der Waals surface area contributed by atoms with Gasteiger partial charge in [-0.1, -0.05) is 47.5 Å². The topological polar surface area (TPSA) is 96.9 Å². The van der Waals surface area contributed by atoms with E-state index in [1.54, 1.807) is 49.4 Å². The van der Waals surface area contributed by atoms with E-state index in [1.165, 1.54) is 0 Å². The highest BCUT2D eigenvalue weighted by molar-refractivity contribution is 6.39. The van der Waals surface area contributed by atoms with Crippen molar-refractivity contribution in [1.29, 1.82) is 0 Å². The molecule has 3 rings (SSSR count). The van der Waals surface area contributed by atoms with Crippen molar-refractivity contribution in [1.82, 2.24) is 5.43 Å². The molecule has 2 N–H and O–H groups in total. The number of aryl methyl sites for hydroxylation is 3. The first kappa shape index (κ1) is 23.4. The first-order valence-electron chi connectivity index (χ1n) is 10.4. The quantitative estimate of drug-likeness (QED) is 0.202. The predicted molar refractivity (Wildman–Crippen MR) is 127 cm³/mol. The maximum absolute atomic E-state index is 12.5.